The molecule has 1 saturated heterocycles. The van der Waals surface area contributed by atoms with Gasteiger partial charge in [0.2, 0.25) is 0 Å². The van der Waals surface area contributed by atoms with E-state index in [9.17, 15) is 4.79 Å². The minimum absolute atomic E-state index is 0.132. The molecule has 0 radical (unpaired) electrons. The topological polar surface area (TPSA) is 33.5 Å². The van der Waals surface area contributed by atoms with Gasteiger partial charge < -0.3 is 4.42 Å². The van der Waals surface area contributed by atoms with Crippen LogP contribution in [0.5, 0.6) is 0 Å². The van der Waals surface area contributed by atoms with Gasteiger partial charge in [-0.05, 0) is 56.0 Å². The van der Waals surface area contributed by atoms with Gasteiger partial charge in [0.15, 0.2) is 11.5 Å². The first-order chi connectivity index (χ1) is 12.8. The summed E-state index contributed by atoms with van der Waals surface area (Å²) in [5.74, 6) is 1.29. The Hall–Kier alpha value is -2.39. The number of ketones is 1. The molecule has 2 heterocycles. The molecule has 1 aromatic heterocycles. The minimum Gasteiger partial charge on any atom is -0.453 e. The van der Waals surface area contributed by atoms with Crippen molar-refractivity contribution < 1.29 is 9.21 Å². The maximum Gasteiger partial charge on any atom is 0.198 e. The van der Waals surface area contributed by atoms with E-state index >= 15 is 0 Å². The van der Waals surface area contributed by atoms with Gasteiger partial charge in [0, 0.05) is 18.4 Å². The van der Waals surface area contributed by atoms with E-state index in [4.69, 9.17) is 4.42 Å². The molecule has 0 aliphatic carbocycles. The number of furan rings is 1. The number of para-hydroxylation sites is 1. The predicted molar refractivity (Wildman–Crippen MR) is 104 cm³/mol. The molecule has 0 atom stereocenters. The highest BCUT2D eigenvalue weighted by Crippen LogP contribution is 2.25. The first kappa shape index (κ1) is 17.0. The van der Waals surface area contributed by atoms with E-state index in [1.165, 1.54) is 18.4 Å². The lowest BCUT2D eigenvalue weighted by Gasteiger charge is -2.31. The third-order valence-electron chi connectivity index (χ3n) is 5.44. The number of Topliss-reactive ketones (excluding diaryl/α,β-unsaturated/α-hetero) is 1. The summed E-state index contributed by atoms with van der Waals surface area (Å²) in [6.07, 6.45) is 3.92. The molecule has 2 aromatic carbocycles. The zero-order chi connectivity index (χ0) is 17.8. The van der Waals surface area contributed by atoms with Gasteiger partial charge >= 0.3 is 0 Å². The molecule has 26 heavy (non-hydrogen) atoms. The summed E-state index contributed by atoms with van der Waals surface area (Å²) in [6, 6.07) is 20.3. The summed E-state index contributed by atoms with van der Waals surface area (Å²) in [5, 5.41) is 1.00. The van der Waals surface area contributed by atoms with Crippen LogP contribution in [0.25, 0.3) is 11.0 Å². The number of carbonyl (C=O) groups excluding carboxylic acids is 1. The second-order valence-corrected chi connectivity index (χ2v) is 7.32. The average molecular weight is 347 g/mol. The third-order valence-corrected chi connectivity index (χ3v) is 5.44. The Morgan fingerprint density at radius 3 is 2.50 bits per heavy atom. The van der Waals surface area contributed by atoms with Crippen molar-refractivity contribution in [1.29, 1.82) is 0 Å². The van der Waals surface area contributed by atoms with Crippen LogP contribution in [0.15, 0.2) is 65.1 Å². The lowest BCUT2D eigenvalue weighted by molar-refractivity contribution is 0.0936. The van der Waals surface area contributed by atoms with Gasteiger partial charge in [-0.25, -0.2) is 0 Å². The van der Waals surface area contributed by atoms with Crippen LogP contribution in [0.2, 0.25) is 0 Å². The van der Waals surface area contributed by atoms with Crippen LogP contribution >= 0.6 is 0 Å². The number of nitrogens with zero attached hydrogens (tertiary/aromatic N) is 1. The standard InChI is InChI=1S/C23H25NO2/c25-21(23-16-20-8-4-5-9-22(20)26-23)11-10-18-12-14-24(15-13-18)17-19-6-2-1-3-7-19/h1-9,16,18H,10-15,17H2. The van der Waals surface area contributed by atoms with Crippen molar-refractivity contribution in [2.45, 2.75) is 32.2 Å². The minimum atomic E-state index is 0.132. The molecule has 0 spiro atoms. The van der Waals surface area contributed by atoms with Crippen LogP contribution in [-0.2, 0) is 6.54 Å². The molecular formula is C23H25NO2. The van der Waals surface area contributed by atoms with Gasteiger partial charge in [0.1, 0.15) is 5.58 Å². The van der Waals surface area contributed by atoms with Crippen LogP contribution in [-0.4, -0.2) is 23.8 Å². The Kier molecular flexibility index (Phi) is 5.16. The summed E-state index contributed by atoms with van der Waals surface area (Å²) in [4.78, 5) is 15.0. The highest BCUT2D eigenvalue weighted by molar-refractivity contribution is 5.97. The molecule has 1 fully saturated rings. The molecule has 134 valence electrons. The molecule has 3 heteroatoms. The van der Waals surface area contributed by atoms with Crippen LogP contribution < -0.4 is 0 Å². The monoisotopic (exact) mass is 347 g/mol. The van der Waals surface area contributed by atoms with E-state index in [2.05, 4.69) is 35.2 Å². The van der Waals surface area contributed by atoms with E-state index in [0.717, 1.165) is 37.0 Å². The smallest absolute Gasteiger partial charge is 0.198 e. The number of carbonyl (C=O) groups is 1. The van der Waals surface area contributed by atoms with Gasteiger partial charge in [0.05, 0.1) is 0 Å². The maximum atomic E-state index is 12.5. The lowest BCUT2D eigenvalue weighted by atomic mass is 9.91. The first-order valence-electron chi connectivity index (χ1n) is 9.56. The zero-order valence-electron chi connectivity index (χ0n) is 15.1. The van der Waals surface area contributed by atoms with E-state index in [1.807, 2.05) is 30.3 Å². The average Bonchev–Trinajstić information content (AvgIpc) is 3.12. The number of hydrogen-bond donors (Lipinski definition) is 0. The van der Waals surface area contributed by atoms with Crippen molar-refractivity contribution in [3.05, 3.63) is 72.0 Å². The summed E-state index contributed by atoms with van der Waals surface area (Å²) in [7, 11) is 0. The van der Waals surface area contributed by atoms with Gasteiger partial charge in [0.25, 0.3) is 0 Å². The van der Waals surface area contributed by atoms with Crippen LogP contribution in [0.1, 0.15) is 41.8 Å². The molecule has 0 saturated carbocycles. The normalized spacial score (nSPS) is 16.2. The predicted octanol–water partition coefficient (Wildman–Crippen LogP) is 5.31. The summed E-state index contributed by atoms with van der Waals surface area (Å²) >= 11 is 0. The Labute approximate surface area is 154 Å². The second kappa shape index (κ2) is 7.88. The zero-order valence-corrected chi connectivity index (χ0v) is 15.1. The van der Waals surface area contributed by atoms with Crippen molar-refractivity contribution in [2.24, 2.45) is 5.92 Å². The second-order valence-electron chi connectivity index (χ2n) is 7.32. The molecule has 4 rings (SSSR count). The molecule has 0 amide bonds. The molecule has 0 N–H and O–H groups in total. The summed E-state index contributed by atoms with van der Waals surface area (Å²) < 4.78 is 5.70. The molecule has 1 aliphatic heterocycles. The number of benzene rings is 2. The maximum absolute atomic E-state index is 12.5. The summed E-state index contributed by atoms with van der Waals surface area (Å²) in [5.41, 5.74) is 2.18. The quantitative estimate of drug-likeness (QED) is 0.567. The van der Waals surface area contributed by atoms with Gasteiger partial charge in [-0.3, -0.25) is 9.69 Å². The van der Waals surface area contributed by atoms with Crippen molar-refractivity contribution >= 4 is 16.8 Å². The largest absolute Gasteiger partial charge is 0.453 e. The van der Waals surface area contributed by atoms with Gasteiger partial charge in [-0.1, -0.05) is 48.5 Å². The van der Waals surface area contributed by atoms with E-state index in [1.54, 1.807) is 0 Å². The Bertz CT molecular complexity index is 827. The van der Waals surface area contributed by atoms with E-state index < -0.39 is 0 Å². The van der Waals surface area contributed by atoms with E-state index in [-0.39, 0.29) is 5.78 Å². The van der Waals surface area contributed by atoms with Crippen LogP contribution in [0.3, 0.4) is 0 Å². The van der Waals surface area contributed by atoms with Crippen LogP contribution in [0.4, 0.5) is 0 Å². The molecule has 0 bridgehead atoms. The van der Waals surface area contributed by atoms with Gasteiger partial charge in [-0.15, -0.1) is 0 Å². The fourth-order valence-corrected chi connectivity index (χ4v) is 3.85. The van der Waals surface area contributed by atoms with Crippen molar-refractivity contribution in [1.82, 2.24) is 4.90 Å². The number of hydrogen-bond acceptors (Lipinski definition) is 3. The third kappa shape index (κ3) is 4.05. The molecule has 3 aromatic rings. The molecule has 1 aliphatic rings. The van der Waals surface area contributed by atoms with E-state index in [0.29, 0.717) is 18.1 Å². The molecular weight excluding hydrogens is 322 g/mol. The SMILES string of the molecule is O=C(CCC1CCN(Cc2ccccc2)CC1)c1cc2ccccc2o1. The fraction of sp³-hybridized carbons (Fsp3) is 0.348. The molecule has 0 unspecified atom stereocenters. The number of rotatable bonds is 6. The summed E-state index contributed by atoms with van der Waals surface area (Å²) in [6.45, 7) is 3.28. The van der Waals surface area contributed by atoms with Crippen molar-refractivity contribution in [3.63, 3.8) is 0 Å². The highest BCUT2D eigenvalue weighted by atomic mass is 16.3. The Morgan fingerprint density at radius 2 is 1.73 bits per heavy atom. The molecule has 3 nitrogen and oxygen atoms in total. The number of piperidine rings is 1. The van der Waals surface area contributed by atoms with Gasteiger partial charge in [-0.2, -0.15) is 0 Å². The number of fused-ring (bicyclic) bond motifs is 1. The van der Waals surface area contributed by atoms with Crippen molar-refractivity contribution in [3.8, 4) is 0 Å². The van der Waals surface area contributed by atoms with Crippen LogP contribution in [0, 0.1) is 5.92 Å². The lowest BCUT2D eigenvalue weighted by Crippen LogP contribution is -2.33. The van der Waals surface area contributed by atoms with Crippen molar-refractivity contribution in [2.75, 3.05) is 13.1 Å². The fourth-order valence-electron chi connectivity index (χ4n) is 3.85. The first-order valence-corrected chi connectivity index (χ1v) is 9.56. The Morgan fingerprint density at radius 1 is 1.00 bits per heavy atom. The highest BCUT2D eigenvalue weighted by Gasteiger charge is 2.21. The Balaban J connectivity index is 1.25. The number of likely N-dealkylation sites (tertiary alicyclic amines) is 1.